The second-order valence-electron chi connectivity index (χ2n) is 4.10. The van der Waals surface area contributed by atoms with E-state index in [1.165, 1.54) is 22.4 Å². The van der Waals surface area contributed by atoms with Crippen LogP contribution in [0.3, 0.4) is 0 Å². The zero-order chi connectivity index (χ0) is 11.4. The van der Waals surface area contributed by atoms with Gasteiger partial charge in [-0.05, 0) is 38.8 Å². The minimum atomic E-state index is 0.382. The zero-order valence-corrected chi connectivity index (χ0v) is 10.3. The molecule has 2 heteroatoms. The maximum Gasteiger partial charge on any atom is 0.0921 e. The minimum Gasteiger partial charge on any atom is -0.348 e. The molecule has 0 aliphatic carbocycles. The summed E-state index contributed by atoms with van der Waals surface area (Å²) in [5, 5.41) is 0. The van der Waals surface area contributed by atoms with Gasteiger partial charge in [-0.1, -0.05) is 18.6 Å². The molecule has 1 unspecified atom stereocenters. The molecular formula is C13H20N2. The molecule has 0 bridgehead atoms. The Labute approximate surface area is 92.1 Å². The third-order valence-corrected chi connectivity index (χ3v) is 2.95. The van der Waals surface area contributed by atoms with E-state index in [0.717, 1.165) is 0 Å². The van der Waals surface area contributed by atoms with Crippen LogP contribution in [0, 0.1) is 0 Å². The summed E-state index contributed by atoms with van der Waals surface area (Å²) < 4.78 is 0. The fraction of sp³-hybridized carbons (Fsp3) is 0.462. The van der Waals surface area contributed by atoms with Crippen molar-refractivity contribution in [1.82, 2.24) is 9.97 Å². The van der Waals surface area contributed by atoms with Gasteiger partial charge in [0.05, 0.1) is 6.33 Å². The van der Waals surface area contributed by atoms with E-state index in [1.54, 1.807) is 6.33 Å². The molecule has 0 amide bonds. The third-order valence-electron chi connectivity index (χ3n) is 2.95. The van der Waals surface area contributed by atoms with Crippen LogP contribution in [0.15, 0.2) is 35.3 Å². The molecule has 82 valence electrons. The lowest BCUT2D eigenvalue weighted by Crippen LogP contribution is -2.01. The zero-order valence-electron chi connectivity index (χ0n) is 10.3. The number of aromatic nitrogens is 2. The Morgan fingerprint density at radius 2 is 2.07 bits per heavy atom. The van der Waals surface area contributed by atoms with Gasteiger partial charge in [0.25, 0.3) is 0 Å². The molecule has 1 rings (SSSR count). The minimum absolute atomic E-state index is 0.382. The molecule has 1 aromatic rings. The van der Waals surface area contributed by atoms with Crippen molar-refractivity contribution in [3.05, 3.63) is 41.0 Å². The second kappa shape index (κ2) is 4.96. The topological polar surface area (TPSA) is 28.7 Å². The van der Waals surface area contributed by atoms with Crippen molar-refractivity contribution < 1.29 is 0 Å². The Morgan fingerprint density at radius 3 is 2.47 bits per heavy atom. The summed E-state index contributed by atoms with van der Waals surface area (Å²) in [6.45, 7) is 10.8. The molecule has 0 saturated carbocycles. The quantitative estimate of drug-likeness (QED) is 0.745. The van der Waals surface area contributed by atoms with Gasteiger partial charge in [0.1, 0.15) is 0 Å². The molecular weight excluding hydrogens is 184 g/mol. The summed E-state index contributed by atoms with van der Waals surface area (Å²) in [6.07, 6.45) is 5.82. The normalized spacial score (nSPS) is 13.8. The number of allylic oxidation sites excluding steroid dienone is 4. The van der Waals surface area contributed by atoms with Crippen LogP contribution in [-0.2, 0) is 0 Å². The van der Waals surface area contributed by atoms with Crippen molar-refractivity contribution >= 4 is 0 Å². The van der Waals surface area contributed by atoms with Crippen molar-refractivity contribution in [2.24, 2.45) is 0 Å². The van der Waals surface area contributed by atoms with Gasteiger partial charge in [0.2, 0.25) is 0 Å². The maximum absolute atomic E-state index is 4.07. The predicted molar refractivity (Wildman–Crippen MR) is 64.8 cm³/mol. The first-order valence-corrected chi connectivity index (χ1v) is 5.36. The van der Waals surface area contributed by atoms with Crippen molar-refractivity contribution in [3.63, 3.8) is 0 Å². The molecule has 0 aromatic carbocycles. The van der Waals surface area contributed by atoms with Gasteiger partial charge in [0.15, 0.2) is 0 Å². The summed E-state index contributed by atoms with van der Waals surface area (Å²) in [5.41, 5.74) is 5.29. The summed E-state index contributed by atoms with van der Waals surface area (Å²) >= 11 is 0. The first kappa shape index (κ1) is 11.8. The molecule has 1 N–H and O–H groups in total. The van der Waals surface area contributed by atoms with E-state index in [0.29, 0.717) is 5.92 Å². The Hall–Kier alpha value is -1.31. The van der Waals surface area contributed by atoms with E-state index >= 15 is 0 Å². The van der Waals surface area contributed by atoms with Gasteiger partial charge in [0, 0.05) is 17.8 Å². The monoisotopic (exact) mass is 204 g/mol. The third kappa shape index (κ3) is 2.58. The molecule has 15 heavy (non-hydrogen) atoms. The lowest BCUT2D eigenvalue weighted by atomic mass is 9.90. The number of nitrogens with one attached hydrogen (secondary N) is 1. The highest BCUT2D eigenvalue weighted by Gasteiger charge is 2.13. The average Bonchev–Trinajstić information content (AvgIpc) is 2.71. The van der Waals surface area contributed by atoms with Gasteiger partial charge < -0.3 is 4.98 Å². The second-order valence-corrected chi connectivity index (χ2v) is 4.10. The largest absolute Gasteiger partial charge is 0.348 e. The van der Waals surface area contributed by atoms with Crippen LogP contribution in [0.1, 0.15) is 46.2 Å². The lowest BCUT2D eigenvalue weighted by Gasteiger charge is -2.16. The Balaban J connectivity index is 3.01. The SMILES string of the molecule is CC=C(C(C)=C(C)C)C(C)c1cnc[nH]1. The van der Waals surface area contributed by atoms with Crippen molar-refractivity contribution in [2.75, 3.05) is 0 Å². The number of hydrogen-bond acceptors (Lipinski definition) is 1. The molecule has 1 heterocycles. The number of hydrogen-bond donors (Lipinski definition) is 1. The fourth-order valence-electron chi connectivity index (χ4n) is 1.75. The van der Waals surface area contributed by atoms with Crippen LogP contribution >= 0.6 is 0 Å². The Morgan fingerprint density at radius 1 is 1.40 bits per heavy atom. The summed E-state index contributed by atoms with van der Waals surface area (Å²) in [5.74, 6) is 0.382. The average molecular weight is 204 g/mol. The predicted octanol–water partition coefficient (Wildman–Crippen LogP) is 3.82. The van der Waals surface area contributed by atoms with Crippen molar-refractivity contribution in [3.8, 4) is 0 Å². The number of nitrogens with zero attached hydrogens (tertiary/aromatic N) is 1. The van der Waals surface area contributed by atoms with Crippen LogP contribution in [0.4, 0.5) is 0 Å². The van der Waals surface area contributed by atoms with E-state index in [-0.39, 0.29) is 0 Å². The highest BCUT2D eigenvalue weighted by atomic mass is 14.9. The Bertz CT molecular complexity index is 365. The number of imidazole rings is 1. The lowest BCUT2D eigenvalue weighted by molar-refractivity contribution is 0.859. The molecule has 0 saturated heterocycles. The summed E-state index contributed by atoms with van der Waals surface area (Å²) in [6, 6.07) is 0. The van der Waals surface area contributed by atoms with Gasteiger partial charge in [-0.2, -0.15) is 0 Å². The first-order chi connectivity index (χ1) is 7.07. The van der Waals surface area contributed by atoms with Crippen molar-refractivity contribution in [1.29, 1.82) is 0 Å². The van der Waals surface area contributed by atoms with E-state index in [1.807, 2.05) is 6.20 Å². The highest BCUT2D eigenvalue weighted by Crippen LogP contribution is 2.28. The molecule has 0 fully saturated rings. The van der Waals surface area contributed by atoms with Gasteiger partial charge in [-0.3, -0.25) is 0 Å². The molecule has 2 nitrogen and oxygen atoms in total. The summed E-state index contributed by atoms with van der Waals surface area (Å²) in [7, 11) is 0. The van der Waals surface area contributed by atoms with Crippen molar-refractivity contribution in [2.45, 2.75) is 40.5 Å². The molecule has 0 aliphatic rings. The number of H-pyrrole nitrogens is 1. The molecule has 0 radical (unpaired) electrons. The summed E-state index contributed by atoms with van der Waals surface area (Å²) in [4.78, 5) is 7.24. The first-order valence-electron chi connectivity index (χ1n) is 5.36. The fourth-order valence-corrected chi connectivity index (χ4v) is 1.75. The highest BCUT2D eigenvalue weighted by molar-refractivity contribution is 5.38. The standard InChI is InChI=1S/C13H20N2/c1-6-12(10(4)9(2)3)11(5)13-7-14-8-15-13/h6-8,11H,1-5H3,(H,14,15). The number of aromatic amines is 1. The molecule has 1 atom stereocenters. The Kier molecular flexibility index (Phi) is 3.89. The smallest absolute Gasteiger partial charge is 0.0921 e. The molecule has 0 aliphatic heterocycles. The van der Waals surface area contributed by atoms with Gasteiger partial charge in [-0.25, -0.2) is 4.98 Å². The van der Waals surface area contributed by atoms with E-state index in [4.69, 9.17) is 0 Å². The van der Waals surface area contributed by atoms with E-state index in [2.05, 4.69) is 50.7 Å². The van der Waals surface area contributed by atoms with E-state index < -0.39 is 0 Å². The van der Waals surface area contributed by atoms with E-state index in [9.17, 15) is 0 Å². The van der Waals surface area contributed by atoms with Crippen LogP contribution < -0.4 is 0 Å². The number of rotatable bonds is 3. The molecule has 1 aromatic heterocycles. The van der Waals surface area contributed by atoms with Crippen LogP contribution in [-0.4, -0.2) is 9.97 Å². The maximum atomic E-state index is 4.07. The van der Waals surface area contributed by atoms with Crippen LogP contribution in [0.25, 0.3) is 0 Å². The van der Waals surface area contributed by atoms with Crippen LogP contribution in [0.5, 0.6) is 0 Å². The molecule has 0 spiro atoms. The van der Waals surface area contributed by atoms with Gasteiger partial charge >= 0.3 is 0 Å². The van der Waals surface area contributed by atoms with Gasteiger partial charge in [-0.15, -0.1) is 0 Å². The van der Waals surface area contributed by atoms with Crippen LogP contribution in [0.2, 0.25) is 0 Å².